The first-order valence-electron chi connectivity index (χ1n) is 8.20. The van der Waals surface area contributed by atoms with E-state index in [1.807, 2.05) is 32.0 Å². The predicted octanol–water partition coefficient (Wildman–Crippen LogP) is 1.66. The molecule has 5 heteroatoms. The minimum absolute atomic E-state index is 0.0143. The van der Waals surface area contributed by atoms with Crippen molar-refractivity contribution in [2.45, 2.75) is 45.8 Å². The molecule has 0 aromatic heterocycles. The molecule has 0 saturated heterocycles. The maximum Gasteiger partial charge on any atom is 0.222 e. The van der Waals surface area contributed by atoms with E-state index in [0.29, 0.717) is 6.54 Å². The summed E-state index contributed by atoms with van der Waals surface area (Å²) < 4.78 is 0. The number of benzene rings is 1. The van der Waals surface area contributed by atoms with Crippen LogP contribution < -0.4 is 5.32 Å². The van der Waals surface area contributed by atoms with Crippen LogP contribution in [0.2, 0.25) is 0 Å². The highest BCUT2D eigenvalue weighted by Crippen LogP contribution is 2.32. The van der Waals surface area contributed by atoms with E-state index in [0.717, 1.165) is 12.0 Å². The minimum atomic E-state index is -0.554. The van der Waals surface area contributed by atoms with Crippen LogP contribution in [0.5, 0.6) is 0 Å². The Kier molecular flexibility index (Phi) is 5.77. The fourth-order valence-electron chi connectivity index (χ4n) is 2.95. The zero-order chi connectivity index (χ0) is 17.0. The van der Waals surface area contributed by atoms with Crippen molar-refractivity contribution in [3.8, 4) is 0 Å². The minimum Gasteiger partial charge on any atom is -0.391 e. The molecule has 2 rings (SSSR count). The molecule has 2 unspecified atom stereocenters. The van der Waals surface area contributed by atoms with E-state index in [2.05, 4.69) is 11.4 Å². The smallest absolute Gasteiger partial charge is 0.222 e. The van der Waals surface area contributed by atoms with Gasteiger partial charge in [-0.2, -0.15) is 0 Å². The van der Waals surface area contributed by atoms with Crippen LogP contribution >= 0.6 is 0 Å². The predicted molar refractivity (Wildman–Crippen MR) is 88.7 cm³/mol. The van der Waals surface area contributed by atoms with E-state index in [1.54, 1.807) is 11.8 Å². The number of aliphatic hydroxyl groups excluding tert-OH is 1. The Balaban J connectivity index is 2.08. The highest BCUT2D eigenvalue weighted by molar-refractivity contribution is 5.79. The molecule has 0 aliphatic carbocycles. The van der Waals surface area contributed by atoms with Crippen LogP contribution in [0.4, 0.5) is 0 Å². The summed E-state index contributed by atoms with van der Waals surface area (Å²) >= 11 is 0. The second kappa shape index (κ2) is 7.59. The van der Waals surface area contributed by atoms with Gasteiger partial charge in [-0.3, -0.25) is 9.59 Å². The van der Waals surface area contributed by atoms with Gasteiger partial charge in [0.25, 0.3) is 0 Å². The molecule has 0 saturated carbocycles. The second-order valence-electron chi connectivity index (χ2n) is 6.50. The highest BCUT2D eigenvalue weighted by atomic mass is 16.3. The molecule has 2 atom stereocenters. The third-order valence-corrected chi connectivity index (χ3v) is 4.47. The number of amides is 2. The molecule has 0 bridgehead atoms. The monoisotopic (exact) mass is 318 g/mol. The summed E-state index contributed by atoms with van der Waals surface area (Å²) in [5, 5.41) is 12.6. The van der Waals surface area contributed by atoms with E-state index in [4.69, 9.17) is 0 Å². The lowest BCUT2D eigenvalue weighted by Crippen LogP contribution is -2.42. The summed E-state index contributed by atoms with van der Waals surface area (Å²) in [4.78, 5) is 25.9. The van der Waals surface area contributed by atoms with Crippen LogP contribution in [0, 0.1) is 5.92 Å². The van der Waals surface area contributed by atoms with Crippen molar-refractivity contribution < 1.29 is 14.7 Å². The average Bonchev–Trinajstić information content (AvgIpc) is 2.52. The summed E-state index contributed by atoms with van der Waals surface area (Å²) in [5.41, 5.74) is 2.25. The quantitative estimate of drug-likeness (QED) is 0.867. The number of fused-ring (bicyclic) bond motifs is 1. The number of rotatable bonds is 5. The maximum atomic E-state index is 12.3. The maximum absolute atomic E-state index is 12.3. The van der Waals surface area contributed by atoms with Gasteiger partial charge >= 0.3 is 0 Å². The van der Waals surface area contributed by atoms with E-state index in [-0.39, 0.29) is 36.7 Å². The number of nitrogens with zero attached hydrogens (tertiary/aromatic N) is 1. The van der Waals surface area contributed by atoms with Gasteiger partial charge in [-0.1, -0.05) is 38.1 Å². The molecule has 23 heavy (non-hydrogen) atoms. The summed E-state index contributed by atoms with van der Waals surface area (Å²) in [7, 11) is 0. The third kappa shape index (κ3) is 4.32. The average molecular weight is 318 g/mol. The summed E-state index contributed by atoms with van der Waals surface area (Å²) in [6, 6.07) is 7.74. The van der Waals surface area contributed by atoms with Gasteiger partial charge in [-0.15, -0.1) is 0 Å². The fraction of sp³-hybridized carbons (Fsp3) is 0.556. The van der Waals surface area contributed by atoms with Gasteiger partial charge in [-0.25, -0.2) is 0 Å². The molecule has 5 nitrogen and oxygen atoms in total. The van der Waals surface area contributed by atoms with Crippen molar-refractivity contribution in [2.24, 2.45) is 5.92 Å². The normalized spacial score (nSPS) is 18.5. The van der Waals surface area contributed by atoms with Gasteiger partial charge in [0.1, 0.15) is 0 Å². The van der Waals surface area contributed by atoms with E-state index < -0.39 is 6.10 Å². The number of hydrogen-bond acceptors (Lipinski definition) is 3. The van der Waals surface area contributed by atoms with Crippen LogP contribution in [0.15, 0.2) is 24.3 Å². The topological polar surface area (TPSA) is 69.6 Å². The lowest BCUT2D eigenvalue weighted by atomic mass is 9.90. The summed E-state index contributed by atoms with van der Waals surface area (Å²) in [6.45, 7) is 6.24. The number of aliphatic hydroxyl groups is 1. The molecule has 2 amide bonds. The lowest BCUT2D eigenvalue weighted by Gasteiger charge is -2.36. The standard InChI is InChI=1S/C18H26N2O3/c1-12(2)17(22)11-19-18(23)10-16-15-7-5-4-6-14(15)8-9-20(16)13(3)21/h4-7,12,16-17,22H,8-11H2,1-3H3,(H,19,23). The van der Waals surface area contributed by atoms with Crippen molar-refractivity contribution >= 4 is 11.8 Å². The van der Waals surface area contributed by atoms with Crippen LogP contribution in [0.25, 0.3) is 0 Å². The Morgan fingerprint density at radius 1 is 1.35 bits per heavy atom. The molecule has 1 aliphatic heterocycles. The first kappa shape index (κ1) is 17.5. The largest absolute Gasteiger partial charge is 0.391 e. The fourth-order valence-corrected chi connectivity index (χ4v) is 2.95. The van der Waals surface area contributed by atoms with Crippen molar-refractivity contribution in [1.29, 1.82) is 0 Å². The summed E-state index contributed by atoms with van der Waals surface area (Å²) in [5.74, 6) is -0.0587. The van der Waals surface area contributed by atoms with Crippen LogP contribution in [-0.4, -0.2) is 41.0 Å². The van der Waals surface area contributed by atoms with Gasteiger partial charge in [0.15, 0.2) is 0 Å². The van der Waals surface area contributed by atoms with Crippen LogP contribution in [0.3, 0.4) is 0 Å². The molecular formula is C18H26N2O3. The molecule has 0 fully saturated rings. The van der Waals surface area contributed by atoms with Crippen LogP contribution in [-0.2, 0) is 16.0 Å². The Bertz CT molecular complexity index is 571. The Labute approximate surface area is 137 Å². The number of carbonyl (C=O) groups is 2. The van der Waals surface area contributed by atoms with Gasteiger partial charge in [0.05, 0.1) is 18.6 Å². The van der Waals surface area contributed by atoms with Crippen LogP contribution in [0.1, 0.15) is 44.4 Å². The first-order chi connectivity index (χ1) is 10.9. The SMILES string of the molecule is CC(=O)N1CCc2ccccc2C1CC(=O)NCC(O)C(C)C. The Hall–Kier alpha value is -1.88. The Morgan fingerprint density at radius 3 is 2.70 bits per heavy atom. The zero-order valence-electron chi connectivity index (χ0n) is 14.1. The molecule has 126 valence electrons. The van der Waals surface area contributed by atoms with Gasteiger partial charge in [0, 0.05) is 20.0 Å². The van der Waals surface area contributed by atoms with Gasteiger partial charge in [-0.05, 0) is 23.5 Å². The van der Waals surface area contributed by atoms with Crippen molar-refractivity contribution in [2.75, 3.05) is 13.1 Å². The van der Waals surface area contributed by atoms with Gasteiger partial charge in [0.2, 0.25) is 11.8 Å². The molecule has 1 aromatic rings. The second-order valence-corrected chi connectivity index (χ2v) is 6.50. The molecule has 1 heterocycles. The van der Waals surface area contributed by atoms with E-state index in [9.17, 15) is 14.7 Å². The highest BCUT2D eigenvalue weighted by Gasteiger charge is 2.30. The first-order valence-corrected chi connectivity index (χ1v) is 8.20. The summed E-state index contributed by atoms with van der Waals surface area (Å²) in [6.07, 6.45) is 0.489. The zero-order valence-corrected chi connectivity index (χ0v) is 14.1. The van der Waals surface area contributed by atoms with Crippen molar-refractivity contribution in [3.63, 3.8) is 0 Å². The van der Waals surface area contributed by atoms with E-state index >= 15 is 0 Å². The molecule has 0 spiro atoms. The van der Waals surface area contributed by atoms with E-state index in [1.165, 1.54) is 5.56 Å². The number of hydrogen-bond donors (Lipinski definition) is 2. The molecule has 0 radical (unpaired) electrons. The third-order valence-electron chi connectivity index (χ3n) is 4.47. The Morgan fingerprint density at radius 2 is 2.04 bits per heavy atom. The van der Waals surface area contributed by atoms with Crippen molar-refractivity contribution in [3.05, 3.63) is 35.4 Å². The lowest BCUT2D eigenvalue weighted by molar-refractivity contribution is -0.133. The number of carbonyl (C=O) groups excluding carboxylic acids is 2. The molecule has 1 aliphatic rings. The molecular weight excluding hydrogens is 292 g/mol. The molecule has 1 aromatic carbocycles. The van der Waals surface area contributed by atoms with Gasteiger partial charge < -0.3 is 15.3 Å². The molecule has 2 N–H and O–H groups in total. The van der Waals surface area contributed by atoms with Crippen molar-refractivity contribution in [1.82, 2.24) is 10.2 Å². The number of nitrogens with one attached hydrogen (secondary N) is 1.